The molecule has 0 radical (unpaired) electrons. The zero-order valence-electron chi connectivity index (χ0n) is 25.2. The summed E-state index contributed by atoms with van der Waals surface area (Å²) in [5, 5.41) is 3.18. The third kappa shape index (κ3) is 8.60. The van der Waals surface area contributed by atoms with E-state index >= 15 is 0 Å². The maximum atomic E-state index is 14.2. The Hall–Kier alpha value is -3.85. The first kappa shape index (κ1) is 32.1. The topological polar surface area (TPSA) is 96.0 Å². The standard InChI is InChI=1S/C34H43N3O5S/c1-3-32(34(39)35-28-16-10-6-11-17-28)36(25-24-27-14-8-5-9-15-27)33(38)26-37(29-20-22-30(23-21-29)42-4-2)43(40,41)31-18-12-7-13-19-31/h5,7-9,12-15,18-23,28,32H,3-4,6,10-11,16-17,24-26H2,1-2H3,(H,35,39)/t32-/m0/s1. The molecule has 0 aliphatic heterocycles. The van der Waals surface area contributed by atoms with Gasteiger partial charge in [0.05, 0.1) is 17.2 Å². The van der Waals surface area contributed by atoms with E-state index in [-0.39, 0.29) is 23.4 Å². The summed E-state index contributed by atoms with van der Waals surface area (Å²) in [5.41, 5.74) is 1.37. The van der Waals surface area contributed by atoms with Crippen LogP contribution in [0.3, 0.4) is 0 Å². The molecular weight excluding hydrogens is 562 g/mol. The largest absolute Gasteiger partial charge is 0.494 e. The molecule has 0 unspecified atom stereocenters. The van der Waals surface area contributed by atoms with Gasteiger partial charge in [0.2, 0.25) is 11.8 Å². The summed E-state index contributed by atoms with van der Waals surface area (Å²) in [5.74, 6) is -0.0196. The van der Waals surface area contributed by atoms with E-state index in [0.29, 0.717) is 30.9 Å². The second kappa shape index (κ2) is 15.6. The fraction of sp³-hybridized carbons (Fsp3) is 0.412. The molecule has 0 heterocycles. The van der Waals surface area contributed by atoms with Gasteiger partial charge in [-0.1, -0.05) is 74.7 Å². The number of carbonyl (C=O) groups is 2. The van der Waals surface area contributed by atoms with Crippen LogP contribution in [0, 0.1) is 0 Å². The molecule has 9 heteroatoms. The maximum absolute atomic E-state index is 14.2. The molecule has 43 heavy (non-hydrogen) atoms. The number of hydrogen-bond donors (Lipinski definition) is 1. The summed E-state index contributed by atoms with van der Waals surface area (Å²) in [4.78, 5) is 29.5. The quantitative estimate of drug-likeness (QED) is 0.259. The van der Waals surface area contributed by atoms with Crippen molar-refractivity contribution in [3.63, 3.8) is 0 Å². The Morgan fingerprint density at radius 3 is 2.12 bits per heavy atom. The van der Waals surface area contributed by atoms with Crippen molar-refractivity contribution in [1.82, 2.24) is 10.2 Å². The van der Waals surface area contributed by atoms with Crippen LogP contribution in [0.2, 0.25) is 0 Å². The predicted molar refractivity (Wildman–Crippen MR) is 170 cm³/mol. The van der Waals surface area contributed by atoms with Gasteiger partial charge in [0.1, 0.15) is 18.3 Å². The minimum absolute atomic E-state index is 0.0783. The van der Waals surface area contributed by atoms with Crippen molar-refractivity contribution in [1.29, 1.82) is 0 Å². The number of benzene rings is 3. The third-order valence-corrected chi connectivity index (χ3v) is 9.66. The van der Waals surface area contributed by atoms with E-state index in [1.807, 2.05) is 44.2 Å². The fourth-order valence-corrected chi connectivity index (χ4v) is 7.00. The van der Waals surface area contributed by atoms with E-state index in [9.17, 15) is 18.0 Å². The van der Waals surface area contributed by atoms with Gasteiger partial charge in [-0.05, 0) is 74.6 Å². The number of ether oxygens (including phenoxy) is 1. The summed E-state index contributed by atoms with van der Waals surface area (Å²) in [6.45, 7) is 4.06. The molecule has 230 valence electrons. The molecule has 3 aromatic carbocycles. The Balaban J connectivity index is 1.66. The lowest BCUT2D eigenvalue weighted by Gasteiger charge is -2.34. The van der Waals surface area contributed by atoms with Gasteiger partial charge in [-0.3, -0.25) is 13.9 Å². The zero-order chi connectivity index (χ0) is 30.7. The van der Waals surface area contributed by atoms with Gasteiger partial charge >= 0.3 is 0 Å². The van der Waals surface area contributed by atoms with Crippen LogP contribution in [0.1, 0.15) is 57.9 Å². The van der Waals surface area contributed by atoms with Crippen molar-refractivity contribution in [2.45, 2.75) is 75.8 Å². The lowest BCUT2D eigenvalue weighted by molar-refractivity contribution is -0.140. The Morgan fingerprint density at radius 1 is 0.884 bits per heavy atom. The summed E-state index contributed by atoms with van der Waals surface area (Å²) in [6.07, 6.45) is 6.13. The summed E-state index contributed by atoms with van der Waals surface area (Å²) in [7, 11) is -4.11. The average molecular weight is 606 g/mol. The van der Waals surface area contributed by atoms with Crippen LogP contribution in [0.4, 0.5) is 5.69 Å². The molecule has 4 rings (SSSR count). The normalized spacial score (nSPS) is 14.5. The number of rotatable bonds is 14. The highest BCUT2D eigenvalue weighted by molar-refractivity contribution is 7.92. The number of nitrogens with zero attached hydrogens (tertiary/aromatic N) is 2. The van der Waals surface area contributed by atoms with E-state index in [4.69, 9.17) is 4.74 Å². The number of carbonyl (C=O) groups excluding carboxylic acids is 2. The minimum atomic E-state index is -4.11. The van der Waals surface area contributed by atoms with Crippen LogP contribution in [0.25, 0.3) is 0 Å². The molecule has 1 atom stereocenters. The van der Waals surface area contributed by atoms with Gasteiger partial charge in [-0.15, -0.1) is 0 Å². The van der Waals surface area contributed by atoms with E-state index in [0.717, 1.165) is 35.6 Å². The first-order valence-electron chi connectivity index (χ1n) is 15.3. The lowest BCUT2D eigenvalue weighted by Crippen LogP contribution is -2.54. The molecule has 3 aromatic rings. The number of nitrogens with one attached hydrogen (secondary N) is 1. The lowest BCUT2D eigenvalue weighted by atomic mass is 9.95. The number of anilines is 1. The molecule has 1 fully saturated rings. The molecule has 0 aromatic heterocycles. The molecule has 1 saturated carbocycles. The van der Waals surface area contributed by atoms with Crippen molar-refractivity contribution in [3.05, 3.63) is 90.5 Å². The van der Waals surface area contributed by atoms with Crippen molar-refractivity contribution in [3.8, 4) is 5.75 Å². The highest BCUT2D eigenvalue weighted by atomic mass is 32.2. The first-order valence-corrected chi connectivity index (χ1v) is 16.7. The second-order valence-corrected chi connectivity index (χ2v) is 12.7. The van der Waals surface area contributed by atoms with Gasteiger partial charge in [-0.2, -0.15) is 0 Å². The Labute approximate surface area is 256 Å². The van der Waals surface area contributed by atoms with Gasteiger partial charge < -0.3 is 15.0 Å². The van der Waals surface area contributed by atoms with E-state index in [1.54, 1.807) is 47.4 Å². The summed E-state index contributed by atoms with van der Waals surface area (Å²) in [6, 6.07) is 23.9. The SMILES string of the molecule is CCOc1ccc(N(CC(=O)N(CCc2ccccc2)[C@@H](CC)C(=O)NC2CCCCC2)S(=O)(=O)c2ccccc2)cc1. The van der Waals surface area contributed by atoms with Crippen LogP contribution in [0.15, 0.2) is 89.8 Å². The van der Waals surface area contributed by atoms with Crippen LogP contribution in [-0.4, -0.2) is 56.9 Å². The van der Waals surface area contributed by atoms with Crippen molar-refractivity contribution < 1.29 is 22.7 Å². The number of amides is 2. The smallest absolute Gasteiger partial charge is 0.264 e. The predicted octanol–water partition coefficient (Wildman–Crippen LogP) is 5.58. The first-order chi connectivity index (χ1) is 20.8. The van der Waals surface area contributed by atoms with Gasteiger partial charge in [0, 0.05) is 12.6 Å². The van der Waals surface area contributed by atoms with Crippen LogP contribution >= 0.6 is 0 Å². The minimum Gasteiger partial charge on any atom is -0.494 e. The molecular formula is C34H43N3O5S. The van der Waals surface area contributed by atoms with E-state index in [1.165, 1.54) is 18.6 Å². The zero-order valence-corrected chi connectivity index (χ0v) is 26.0. The Morgan fingerprint density at radius 2 is 1.51 bits per heavy atom. The van der Waals surface area contributed by atoms with Crippen LogP contribution in [0.5, 0.6) is 5.75 Å². The maximum Gasteiger partial charge on any atom is 0.264 e. The molecule has 8 nitrogen and oxygen atoms in total. The van der Waals surface area contributed by atoms with Gasteiger partial charge in [0.25, 0.3) is 10.0 Å². The molecule has 0 spiro atoms. The highest BCUT2D eigenvalue weighted by Gasteiger charge is 2.34. The van der Waals surface area contributed by atoms with Gasteiger partial charge in [0.15, 0.2) is 0 Å². The summed E-state index contributed by atoms with van der Waals surface area (Å²) < 4.78 is 34.6. The van der Waals surface area contributed by atoms with Crippen molar-refractivity contribution in [2.24, 2.45) is 0 Å². The fourth-order valence-electron chi connectivity index (χ4n) is 5.56. The average Bonchev–Trinajstić information content (AvgIpc) is 3.03. The molecule has 1 aliphatic rings. The highest BCUT2D eigenvalue weighted by Crippen LogP contribution is 2.27. The monoisotopic (exact) mass is 605 g/mol. The molecule has 1 N–H and O–H groups in total. The van der Waals surface area contributed by atoms with Crippen LogP contribution in [-0.2, 0) is 26.0 Å². The number of sulfonamides is 1. The molecule has 2 amide bonds. The third-order valence-electron chi connectivity index (χ3n) is 7.87. The van der Waals surface area contributed by atoms with Crippen molar-refractivity contribution in [2.75, 3.05) is 24.0 Å². The second-order valence-electron chi connectivity index (χ2n) is 10.8. The molecule has 1 aliphatic carbocycles. The molecule has 0 saturated heterocycles. The summed E-state index contributed by atoms with van der Waals surface area (Å²) >= 11 is 0. The Bertz CT molecular complexity index is 1410. The van der Waals surface area contributed by atoms with Gasteiger partial charge in [-0.25, -0.2) is 8.42 Å². The van der Waals surface area contributed by atoms with Crippen molar-refractivity contribution >= 4 is 27.5 Å². The van der Waals surface area contributed by atoms with E-state index in [2.05, 4.69) is 5.32 Å². The van der Waals surface area contributed by atoms with Crippen LogP contribution < -0.4 is 14.4 Å². The Kier molecular flexibility index (Phi) is 11.6. The number of hydrogen-bond acceptors (Lipinski definition) is 5. The van der Waals surface area contributed by atoms with E-state index < -0.39 is 28.5 Å². The molecule has 0 bridgehead atoms.